The van der Waals surface area contributed by atoms with Gasteiger partial charge in [0.2, 0.25) is 5.91 Å². The highest BCUT2D eigenvalue weighted by molar-refractivity contribution is 5.92. The number of nitrogens with one attached hydrogen (secondary N) is 1. The highest BCUT2D eigenvalue weighted by Gasteiger charge is 2.07. The van der Waals surface area contributed by atoms with Crippen LogP contribution in [0.15, 0.2) is 24.3 Å². The van der Waals surface area contributed by atoms with Gasteiger partial charge >= 0.3 is 0 Å². The minimum Gasteiger partial charge on any atom is -0.497 e. The van der Waals surface area contributed by atoms with Gasteiger partial charge in [-0.2, -0.15) is 0 Å². The first-order valence-corrected chi connectivity index (χ1v) is 7.66. The molecule has 1 unspecified atom stereocenters. The molecule has 1 aromatic rings. The molecule has 4 heteroatoms. The maximum Gasteiger partial charge on any atom is 0.244 e. The largest absolute Gasteiger partial charge is 0.497 e. The Morgan fingerprint density at radius 3 is 2.50 bits per heavy atom. The number of methoxy groups -OCH3 is 2. The third-order valence-corrected chi connectivity index (χ3v) is 3.42. The predicted octanol–water partition coefficient (Wildman–Crippen LogP) is 3.66. The van der Waals surface area contributed by atoms with Gasteiger partial charge in [-0.3, -0.25) is 4.79 Å². The second kappa shape index (κ2) is 9.13. The van der Waals surface area contributed by atoms with E-state index in [1.807, 2.05) is 19.1 Å². The number of amides is 1. The molecule has 0 aliphatic rings. The van der Waals surface area contributed by atoms with Gasteiger partial charge in [0.15, 0.2) is 0 Å². The summed E-state index contributed by atoms with van der Waals surface area (Å²) < 4.78 is 10.5. The summed E-state index contributed by atoms with van der Waals surface area (Å²) in [5.41, 5.74) is 0.841. The van der Waals surface area contributed by atoms with Crippen molar-refractivity contribution in [3.8, 4) is 11.5 Å². The molecule has 122 valence electrons. The van der Waals surface area contributed by atoms with Crippen LogP contribution in [-0.2, 0) is 4.79 Å². The fraction of sp³-hybridized carbons (Fsp3) is 0.500. The molecule has 0 aliphatic carbocycles. The Balaban J connectivity index is 2.62. The van der Waals surface area contributed by atoms with E-state index in [-0.39, 0.29) is 11.9 Å². The average molecular weight is 305 g/mol. The first-order valence-electron chi connectivity index (χ1n) is 7.66. The Bertz CT molecular complexity index is 509. The zero-order valence-corrected chi connectivity index (χ0v) is 14.2. The van der Waals surface area contributed by atoms with Crippen molar-refractivity contribution >= 4 is 12.0 Å². The second-order valence-corrected chi connectivity index (χ2v) is 5.82. The van der Waals surface area contributed by atoms with Gasteiger partial charge in [0.05, 0.1) is 14.2 Å². The van der Waals surface area contributed by atoms with Crippen LogP contribution in [0.2, 0.25) is 0 Å². The van der Waals surface area contributed by atoms with Gasteiger partial charge in [-0.15, -0.1) is 0 Å². The molecule has 1 aromatic carbocycles. The Hall–Kier alpha value is -1.97. The van der Waals surface area contributed by atoms with Crippen LogP contribution in [-0.4, -0.2) is 26.2 Å². The van der Waals surface area contributed by atoms with E-state index >= 15 is 0 Å². The molecule has 0 aromatic heterocycles. The first-order chi connectivity index (χ1) is 10.5. The van der Waals surface area contributed by atoms with E-state index in [2.05, 4.69) is 19.2 Å². The number of hydrogen-bond donors (Lipinski definition) is 1. The maximum atomic E-state index is 11.9. The number of carbonyl (C=O) groups is 1. The SMILES string of the molecule is COc1ccc(/C=C/C(=O)NC(C)CCC(C)C)c(OC)c1. The van der Waals surface area contributed by atoms with E-state index < -0.39 is 0 Å². The van der Waals surface area contributed by atoms with Crippen LogP contribution < -0.4 is 14.8 Å². The highest BCUT2D eigenvalue weighted by atomic mass is 16.5. The number of carbonyl (C=O) groups excluding carboxylic acids is 1. The molecule has 1 atom stereocenters. The van der Waals surface area contributed by atoms with E-state index in [0.717, 1.165) is 24.2 Å². The summed E-state index contributed by atoms with van der Waals surface area (Å²) in [5.74, 6) is 1.96. The summed E-state index contributed by atoms with van der Waals surface area (Å²) in [6.45, 7) is 6.40. The average Bonchev–Trinajstić information content (AvgIpc) is 2.50. The monoisotopic (exact) mass is 305 g/mol. The van der Waals surface area contributed by atoms with E-state index in [9.17, 15) is 4.79 Å². The maximum absolute atomic E-state index is 11.9. The number of rotatable bonds is 8. The van der Waals surface area contributed by atoms with E-state index in [1.54, 1.807) is 26.4 Å². The van der Waals surface area contributed by atoms with Gasteiger partial charge in [0, 0.05) is 23.7 Å². The number of ether oxygens (including phenoxy) is 2. The fourth-order valence-electron chi connectivity index (χ4n) is 2.07. The Labute approximate surface area is 133 Å². The summed E-state index contributed by atoms with van der Waals surface area (Å²) in [6, 6.07) is 5.68. The van der Waals surface area contributed by atoms with Crippen molar-refractivity contribution < 1.29 is 14.3 Å². The molecule has 0 fully saturated rings. The molecule has 0 bridgehead atoms. The van der Waals surface area contributed by atoms with E-state index in [1.165, 1.54) is 6.08 Å². The van der Waals surface area contributed by atoms with Crippen LogP contribution in [0.3, 0.4) is 0 Å². The van der Waals surface area contributed by atoms with Gasteiger partial charge < -0.3 is 14.8 Å². The minimum atomic E-state index is -0.0888. The third-order valence-electron chi connectivity index (χ3n) is 3.42. The standard InChI is InChI=1S/C18H27NO3/c1-13(2)6-7-14(3)19-18(20)11-9-15-8-10-16(21-4)12-17(15)22-5/h8-14H,6-7H2,1-5H3,(H,19,20)/b11-9+. The Morgan fingerprint density at radius 2 is 1.91 bits per heavy atom. The van der Waals surface area contributed by atoms with Crippen molar-refractivity contribution in [2.24, 2.45) is 5.92 Å². The molecular formula is C18H27NO3. The van der Waals surface area contributed by atoms with Crippen LogP contribution in [0.1, 0.15) is 39.2 Å². The molecule has 4 nitrogen and oxygen atoms in total. The van der Waals surface area contributed by atoms with Crippen molar-refractivity contribution in [3.05, 3.63) is 29.8 Å². The highest BCUT2D eigenvalue weighted by Crippen LogP contribution is 2.25. The molecule has 22 heavy (non-hydrogen) atoms. The zero-order valence-electron chi connectivity index (χ0n) is 14.2. The van der Waals surface area contributed by atoms with E-state index in [0.29, 0.717) is 11.7 Å². The molecule has 0 saturated carbocycles. The quantitative estimate of drug-likeness (QED) is 0.746. The Kier molecular flexibility index (Phi) is 7.50. The zero-order chi connectivity index (χ0) is 16.5. The topological polar surface area (TPSA) is 47.6 Å². The van der Waals surface area contributed by atoms with Gasteiger partial charge in [0.1, 0.15) is 11.5 Å². The summed E-state index contributed by atoms with van der Waals surface area (Å²) in [5, 5.41) is 2.97. The third kappa shape index (κ3) is 6.20. The minimum absolute atomic E-state index is 0.0888. The molecular weight excluding hydrogens is 278 g/mol. The normalized spacial score (nSPS) is 12.5. The lowest BCUT2D eigenvalue weighted by molar-refractivity contribution is -0.117. The summed E-state index contributed by atoms with van der Waals surface area (Å²) in [6.07, 6.45) is 5.39. The van der Waals surface area contributed by atoms with Crippen molar-refractivity contribution in [1.29, 1.82) is 0 Å². The molecule has 1 rings (SSSR count). The molecule has 0 spiro atoms. The van der Waals surface area contributed by atoms with Crippen LogP contribution in [0.4, 0.5) is 0 Å². The molecule has 1 amide bonds. The summed E-state index contributed by atoms with van der Waals surface area (Å²) >= 11 is 0. The number of benzene rings is 1. The van der Waals surface area contributed by atoms with Crippen LogP contribution in [0, 0.1) is 5.92 Å². The lowest BCUT2D eigenvalue weighted by Gasteiger charge is -2.13. The van der Waals surface area contributed by atoms with Crippen molar-refractivity contribution in [2.75, 3.05) is 14.2 Å². The smallest absolute Gasteiger partial charge is 0.244 e. The Morgan fingerprint density at radius 1 is 1.18 bits per heavy atom. The second-order valence-electron chi connectivity index (χ2n) is 5.82. The first kappa shape index (κ1) is 18.1. The van der Waals surface area contributed by atoms with Gasteiger partial charge in [-0.25, -0.2) is 0 Å². The molecule has 0 heterocycles. The predicted molar refractivity (Wildman–Crippen MR) is 90.3 cm³/mol. The van der Waals surface area contributed by atoms with Gasteiger partial charge in [-0.1, -0.05) is 13.8 Å². The van der Waals surface area contributed by atoms with Crippen molar-refractivity contribution in [1.82, 2.24) is 5.32 Å². The van der Waals surface area contributed by atoms with Crippen LogP contribution >= 0.6 is 0 Å². The molecule has 1 N–H and O–H groups in total. The number of hydrogen-bond acceptors (Lipinski definition) is 3. The molecule has 0 radical (unpaired) electrons. The lowest BCUT2D eigenvalue weighted by atomic mass is 10.0. The summed E-state index contributed by atoms with van der Waals surface area (Å²) in [4.78, 5) is 11.9. The molecule has 0 aliphatic heterocycles. The fourth-order valence-corrected chi connectivity index (χ4v) is 2.07. The van der Waals surface area contributed by atoms with Crippen molar-refractivity contribution in [3.63, 3.8) is 0 Å². The van der Waals surface area contributed by atoms with Gasteiger partial charge in [0.25, 0.3) is 0 Å². The summed E-state index contributed by atoms with van der Waals surface area (Å²) in [7, 11) is 3.20. The van der Waals surface area contributed by atoms with Crippen LogP contribution in [0.25, 0.3) is 6.08 Å². The van der Waals surface area contributed by atoms with Crippen molar-refractivity contribution in [2.45, 2.75) is 39.7 Å². The van der Waals surface area contributed by atoms with E-state index in [4.69, 9.17) is 9.47 Å². The molecule has 0 saturated heterocycles. The van der Waals surface area contributed by atoms with Crippen LogP contribution in [0.5, 0.6) is 11.5 Å². The lowest BCUT2D eigenvalue weighted by Crippen LogP contribution is -2.31. The van der Waals surface area contributed by atoms with Gasteiger partial charge in [-0.05, 0) is 43.9 Å².